The smallest absolute Gasteiger partial charge is 0.329 e. The second kappa shape index (κ2) is 7.38. The molecule has 0 aliphatic heterocycles. The van der Waals surface area contributed by atoms with Gasteiger partial charge in [0.15, 0.2) is 6.61 Å². The minimum atomic E-state index is -1.11. The van der Waals surface area contributed by atoms with E-state index in [1.54, 1.807) is 0 Å². The molecule has 5 nitrogen and oxygen atoms in total. The molecule has 1 fully saturated rings. The summed E-state index contributed by atoms with van der Waals surface area (Å²) in [6.07, 6.45) is 2.46. The fourth-order valence-corrected chi connectivity index (χ4v) is 2.98. The summed E-state index contributed by atoms with van der Waals surface area (Å²) >= 11 is 0. The second-order valence-electron chi connectivity index (χ2n) is 6.35. The largest absolute Gasteiger partial charge is 0.483 e. The van der Waals surface area contributed by atoms with Gasteiger partial charge in [-0.1, -0.05) is 48.5 Å². The Labute approximate surface area is 146 Å². The van der Waals surface area contributed by atoms with E-state index < -0.39 is 17.4 Å². The molecule has 1 saturated carbocycles. The van der Waals surface area contributed by atoms with Crippen LogP contribution < -0.4 is 10.1 Å². The van der Waals surface area contributed by atoms with Gasteiger partial charge in [-0.25, -0.2) is 4.79 Å². The molecule has 0 atom stereocenters. The Balaban J connectivity index is 1.61. The summed E-state index contributed by atoms with van der Waals surface area (Å²) in [5.74, 6) is -0.743. The maximum atomic E-state index is 12.1. The van der Waals surface area contributed by atoms with Gasteiger partial charge in [0.05, 0.1) is 0 Å². The zero-order chi connectivity index (χ0) is 17.7. The molecule has 5 heteroatoms. The fourth-order valence-electron chi connectivity index (χ4n) is 2.98. The topological polar surface area (TPSA) is 75.6 Å². The quantitative estimate of drug-likeness (QED) is 0.813. The average molecular weight is 339 g/mol. The number of carbonyl (C=O) groups excluding carboxylic acids is 1. The Morgan fingerprint density at radius 3 is 2.36 bits per heavy atom. The Hall–Kier alpha value is -2.82. The number of ether oxygens (including phenoxy) is 1. The number of carboxylic acid groups (broad SMARTS) is 1. The SMILES string of the molecule is O=C(COc1ccccc1Cc1ccccc1)NC1(C(=O)O)CCC1. The van der Waals surface area contributed by atoms with E-state index in [1.807, 2.05) is 54.6 Å². The maximum Gasteiger partial charge on any atom is 0.329 e. The van der Waals surface area contributed by atoms with Gasteiger partial charge in [0.2, 0.25) is 0 Å². The number of nitrogens with one attached hydrogen (secondary N) is 1. The van der Waals surface area contributed by atoms with Crippen molar-refractivity contribution in [2.24, 2.45) is 0 Å². The van der Waals surface area contributed by atoms with Gasteiger partial charge < -0.3 is 15.2 Å². The summed E-state index contributed by atoms with van der Waals surface area (Å²) in [6.45, 7) is -0.194. The summed E-state index contributed by atoms with van der Waals surface area (Å²) in [5, 5.41) is 11.9. The van der Waals surface area contributed by atoms with Crippen LogP contribution >= 0.6 is 0 Å². The predicted octanol–water partition coefficient (Wildman–Crippen LogP) is 2.78. The van der Waals surface area contributed by atoms with Gasteiger partial charge in [-0.2, -0.15) is 0 Å². The molecule has 0 spiro atoms. The fraction of sp³-hybridized carbons (Fsp3) is 0.300. The van der Waals surface area contributed by atoms with E-state index in [0.29, 0.717) is 25.0 Å². The molecular weight excluding hydrogens is 318 g/mol. The van der Waals surface area contributed by atoms with E-state index in [-0.39, 0.29) is 6.61 Å². The predicted molar refractivity (Wildman–Crippen MR) is 93.5 cm³/mol. The summed E-state index contributed by atoms with van der Waals surface area (Å²) in [5.41, 5.74) is 1.03. The first-order valence-electron chi connectivity index (χ1n) is 8.38. The van der Waals surface area contributed by atoms with Crippen molar-refractivity contribution in [2.45, 2.75) is 31.2 Å². The first-order chi connectivity index (χ1) is 12.1. The number of amides is 1. The van der Waals surface area contributed by atoms with Crippen LogP contribution in [0.2, 0.25) is 0 Å². The lowest BCUT2D eigenvalue weighted by Gasteiger charge is -2.38. The van der Waals surface area contributed by atoms with Crippen LogP contribution in [-0.2, 0) is 16.0 Å². The highest BCUT2D eigenvalue weighted by Gasteiger charge is 2.45. The normalized spacial score (nSPS) is 15.0. The number of aliphatic carboxylic acids is 1. The first kappa shape index (κ1) is 17.0. The molecule has 1 amide bonds. The third-order valence-electron chi connectivity index (χ3n) is 4.56. The molecule has 2 aromatic rings. The Bertz CT molecular complexity index is 753. The van der Waals surface area contributed by atoms with Crippen molar-refractivity contribution >= 4 is 11.9 Å². The van der Waals surface area contributed by atoms with Crippen molar-refractivity contribution in [1.82, 2.24) is 5.32 Å². The van der Waals surface area contributed by atoms with Crippen molar-refractivity contribution in [3.63, 3.8) is 0 Å². The minimum absolute atomic E-state index is 0.194. The maximum absolute atomic E-state index is 12.1. The van der Waals surface area contributed by atoms with Gasteiger partial charge in [0.25, 0.3) is 5.91 Å². The van der Waals surface area contributed by atoms with Crippen LogP contribution in [0.5, 0.6) is 5.75 Å². The van der Waals surface area contributed by atoms with Crippen molar-refractivity contribution in [3.8, 4) is 5.75 Å². The summed E-state index contributed by atoms with van der Waals surface area (Å²) in [7, 11) is 0. The van der Waals surface area contributed by atoms with Crippen LogP contribution in [0.15, 0.2) is 54.6 Å². The minimum Gasteiger partial charge on any atom is -0.483 e. The van der Waals surface area contributed by atoms with Gasteiger partial charge in [-0.15, -0.1) is 0 Å². The second-order valence-corrected chi connectivity index (χ2v) is 6.35. The highest BCUT2D eigenvalue weighted by molar-refractivity contribution is 5.88. The number of hydrogen-bond acceptors (Lipinski definition) is 3. The van der Waals surface area contributed by atoms with E-state index in [0.717, 1.165) is 17.5 Å². The zero-order valence-electron chi connectivity index (χ0n) is 13.9. The molecule has 0 heterocycles. The van der Waals surface area contributed by atoms with E-state index in [1.165, 1.54) is 0 Å². The summed E-state index contributed by atoms with van der Waals surface area (Å²) in [4.78, 5) is 23.4. The van der Waals surface area contributed by atoms with E-state index >= 15 is 0 Å². The Morgan fingerprint density at radius 2 is 1.72 bits per heavy atom. The van der Waals surface area contributed by atoms with E-state index in [4.69, 9.17) is 4.74 Å². The molecule has 2 N–H and O–H groups in total. The van der Waals surface area contributed by atoms with Crippen LogP contribution in [0.3, 0.4) is 0 Å². The highest BCUT2D eigenvalue weighted by atomic mass is 16.5. The number of rotatable bonds is 7. The van der Waals surface area contributed by atoms with Gasteiger partial charge in [-0.05, 0) is 36.5 Å². The summed E-state index contributed by atoms with van der Waals surface area (Å²) in [6, 6.07) is 17.6. The molecular formula is C20H21NO4. The number of hydrogen-bond donors (Lipinski definition) is 2. The Morgan fingerprint density at radius 1 is 1.04 bits per heavy atom. The van der Waals surface area contributed by atoms with Crippen LogP contribution in [0.25, 0.3) is 0 Å². The zero-order valence-corrected chi connectivity index (χ0v) is 13.9. The van der Waals surface area contributed by atoms with Crippen molar-refractivity contribution in [3.05, 3.63) is 65.7 Å². The molecule has 0 radical (unpaired) electrons. The lowest BCUT2D eigenvalue weighted by Crippen LogP contribution is -2.59. The monoisotopic (exact) mass is 339 g/mol. The molecule has 2 aromatic carbocycles. The highest BCUT2D eigenvalue weighted by Crippen LogP contribution is 2.32. The van der Waals surface area contributed by atoms with Crippen molar-refractivity contribution in [1.29, 1.82) is 0 Å². The molecule has 1 aliphatic carbocycles. The van der Waals surface area contributed by atoms with Crippen LogP contribution in [0, 0.1) is 0 Å². The van der Waals surface area contributed by atoms with E-state index in [2.05, 4.69) is 5.32 Å². The van der Waals surface area contributed by atoms with Gasteiger partial charge in [-0.3, -0.25) is 4.79 Å². The van der Waals surface area contributed by atoms with Crippen LogP contribution in [-0.4, -0.2) is 29.1 Å². The number of benzene rings is 2. The lowest BCUT2D eigenvalue weighted by molar-refractivity contribution is -0.152. The van der Waals surface area contributed by atoms with Crippen LogP contribution in [0.4, 0.5) is 0 Å². The van der Waals surface area contributed by atoms with Gasteiger partial charge in [0, 0.05) is 6.42 Å². The molecule has 25 heavy (non-hydrogen) atoms. The number of para-hydroxylation sites is 1. The molecule has 1 aliphatic rings. The third kappa shape index (κ3) is 3.99. The average Bonchev–Trinajstić information content (AvgIpc) is 2.58. The molecule has 3 rings (SSSR count). The van der Waals surface area contributed by atoms with Gasteiger partial charge >= 0.3 is 5.97 Å². The standard InChI is InChI=1S/C20H21NO4/c22-18(21-20(19(23)24)11-6-12-20)14-25-17-10-5-4-9-16(17)13-15-7-2-1-3-8-15/h1-5,7-10H,6,11-14H2,(H,21,22)(H,23,24). The molecule has 0 aromatic heterocycles. The number of carbonyl (C=O) groups is 2. The molecule has 0 bridgehead atoms. The third-order valence-corrected chi connectivity index (χ3v) is 4.56. The van der Waals surface area contributed by atoms with Crippen molar-refractivity contribution in [2.75, 3.05) is 6.61 Å². The molecule has 130 valence electrons. The Kier molecular flexibility index (Phi) is 5.03. The number of carboxylic acids is 1. The van der Waals surface area contributed by atoms with Crippen LogP contribution in [0.1, 0.15) is 30.4 Å². The molecule has 0 saturated heterocycles. The first-order valence-corrected chi connectivity index (χ1v) is 8.38. The lowest BCUT2D eigenvalue weighted by atomic mass is 9.77. The van der Waals surface area contributed by atoms with Gasteiger partial charge in [0.1, 0.15) is 11.3 Å². The summed E-state index contributed by atoms with van der Waals surface area (Å²) < 4.78 is 5.66. The van der Waals surface area contributed by atoms with E-state index in [9.17, 15) is 14.7 Å². The van der Waals surface area contributed by atoms with Crippen molar-refractivity contribution < 1.29 is 19.4 Å². The molecule has 0 unspecified atom stereocenters.